The number of methoxy groups -OCH3 is 2. The second-order valence-corrected chi connectivity index (χ2v) is 7.16. The van der Waals surface area contributed by atoms with Crippen molar-refractivity contribution in [1.82, 2.24) is 5.32 Å². The highest BCUT2D eigenvalue weighted by Gasteiger charge is 2.25. The molecule has 1 N–H and O–H groups in total. The van der Waals surface area contributed by atoms with Crippen LogP contribution in [0.4, 0.5) is 0 Å². The Balaban J connectivity index is 1.90. The Labute approximate surface area is 169 Å². The predicted molar refractivity (Wildman–Crippen MR) is 111 cm³/mol. The summed E-state index contributed by atoms with van der Waals surface area (Å²) in [5, 5.41) is 4.17. The van der Waals surface area contributed by atoms with Gasteiger partial charge >= 0.3 is 5.97 Å². The fourth-order valence-electron chi connectivity index (χ4n) is 3.81. The molecule has 3 aromatic rings. The summed E-state index contributed by atoms with van der Waals surface area (Å²) in [6.07, 6.45) is 1.95. The zero-order chi connectivity index (χ0) is 20.4. The minimum atomic E-state index is -0.491. The molecule has 0 unspecified atom stereocenters. The van der Waals surface area contributed by atoms with Crippen LogP contribution in [-0.2, 0) is 4.74 Å². The average Bonchev–Trinajstić information content (AvgIpc) is 3.11. The van der Waals surface area contributed by atoms with Crippen LogP contribution in [0.25, 0.3) is 22.1 Å². The van der Waals surface area contributed by atoms with Gasteiger partial charge in [-0.05, 0) is 62.7 Å². The number of rotatable bonds is 5. The minimum absolute atomic E-state index is 0.0992. The van der Waals surface area contributed by atoms with Crippen molar-refractivity contribution in [3.8, 4) is 22.6 Å². The van der Waals surface area contributed by atoms with Gasteiger partial charge in [-0.1, -0.05) is 12.1 Å². The zero-order valence-corrected chi connectivity index (χ0v) is 16.9. The first-order valence-corrected chi connectivity index (χ1v) is 9.78. The van der Waals surface area contributed by atoms with Gasteiger partial charge in [0, 0.05) is 11.1 Å². The molecule has 1 aliphatic rings. The van der Waals surface area contributed by atoms with E-state index in [1.54, 1.807) is 7.11 Å². The largest absolute Gasteiger partial charge is 0.497 e. The number of esters is 1. The van der Waals surface area contributed by atoms with E-state index in [-0.39, 0.29) is 11.9 Å². The molecule has 1 aliphatic heterocycles. The fourth-order valence-corrected chi connectivity index (χ4v) is 3.81. The average molecular weight is 395 g/mol. The van der Waals surface area contributed by atoms with Crippen LogP contribution in [0.3, 0.4) is 0 Å². The summed E-state index contributed by atoms with van der Waals surface area (Å²) in [7, 11) is 3.00. The summed E-state index contributed by atoms with van der Waals surface area (Å²) in [5.41, 5.74) is 3.25. The molecule has 0 radical (unpaired) electrons. The van der Waals surface area contributed by atoms with E-state index in [9.17, 15) is 4.79 Å². The van der Waals surface area contributed by atoms with E-state index < -0.39 is 5.97 Å². The van der Waals surface area contributed by atoms with Crippen LogP contribution in [0.5, 0.6) is 11.5 Å². The Morgan fingerprint density at radius 3 is 2.66 bits per heavy atom. The maximum atomic E-state index is 12.2. The molecule has 0 bridgehead atoms. The van der Waals surface area contributed by atoms with Crippen molar-refractivity contribution in [2.24, 2.45) is 0 Å². The van der Waals surface area contributed by atoms with E-state index in [1.165, 1.54) is 7.11 Å². The van der Waals surface area contributed by atoms with Crippen molar-refractivity contribution in [1.29, 1.82) is 0 Å². The summed E-state index contributed by atoms with van der Waals surface area (Å²) in [5.74, 6) is 1.23. The van der Waals surface area contributed by atoms with Crippen LogP contribution < -0.4 is 14.8 Å². The monoisotopic (exact) mass is 395 g/mol. The van der Waals surface area contributed by atoms with Crippen LogP contribution in [0.2, 0.25) is 0 Å². The Bertz CT molecular complexity index is 1030. The van der Waals surface area contributed by atoms with Gasteiger partial charge in [0.05, 0.1) is 19.6 Å². The van der Waals surface area contributed by atoms with Gasteiger partial charge in [0.1, 0.15) is 23.2 Å². The number of aryl methyl sites for hydroxylation is 1. The minimum Gasteiger partial charge on any atom is -0.497 e. The van der Waals surface area contributed by atoms with Crippen LogP contribution in [-0.4, -0.2) is 39.4 Å². The van der Waals surface area contributed by atoms with Gasteiger partial charge < -0.3 is 23.9 Å². The lowest BCUT2D eigenvalue weighted by Gasteiger charge is -2.25. The molecule has 1 saturated heterocycles. The number of carbonyl (C=O) groups excluding carboxylic acids is 1. The van der Waals surface area contributed by atoms with E-state index >= 15 is 0 Å². The summed E-state index contributed by atoms with van der Waals surface area (Å²) < 4.78 is 22.6. The quantitative estimate of drug-likeness (QED) is 0.649. The van der Waals surface area contributed by atoms with Gasteiger partial charge in [0.25, 0.3) is 0 Å². The number of hydrogen-bond donors (Lipinski definition) is 1. The topological polar surface area (TPSA) is 69.9 Å². The van der Waals surface area contributed by atoms with Crippen LogP contribution in [0.1, 0.15) is 29.0 Å². The number of hydrogen-bond acceptors (Lipinski definition) is 6. The first-order chi connectivity index (χ1) is 14.1. The Morgan fingerprint density at radius 1 is 1.14 bits per heavy atom. The van der Waals surface area contributed by atoms with E-state index in [4.69, 9.17) is 18.6 Å². The molecule has 1 fully saturated rings. The van der Waals surface area contributed by atoms with E-state index in [0.29, 0.717) is 5.58 Å². The van der Waals surface area contributed by atoms with Gasteiger partial charge in [0.2, 0.25) is 5.76 Å². The lowest BCUT2D eigenvalue weighted by Crippen LogP contribution is -2.34. The molecule has 6 heteroatoms. The van der Waals surface area contributed by atoms with Gasteiger partial charge in [0.15, 0.2) is 0 Å². The summed E-state index contributed by atoms with van der Waals surface area (Å²) in [6.45, 7) is 3.71. The smallest absolute Gasteiger partial charge is 0.374 e. The van der Waals surface area contributed by atoms with Crippen molar-refractivity contribution >= 4 is 16.9 Å². The number of ether oxygens (including phenoxy) is 3. The van der Waals surface area contributed by atoms with Crippen molar-refractivity contribution in [3.05, 3.63) is 47.7 Å². The molecule has 4 rings (SSSR count). The lowest BCUT2D eigenvalue weighted by molar-refractivity contribution is 0.0566. The highest BCUT2D eigenvalue weighted by molar-refractivity contribution is 6.01. The molecule has 0 saturated carbocycles. The Hall–Kier alpha value is -2.99. The molecule has 1 aromatic heterocycles. The summed E-state index contributed by atoms with van der Waals surface area (Å²) in [6, 6.07) is 11.7. The molecule has 6 nitrogen and oxygen atoms in total. The lowest BCUT2D eigenvalue weighted by atomic mass is 9.99. The molecule has 2 heterocycles. The Morgan fingerprint density at radius 2 is 1.93 bits per heavy atom. The van der Waals surface area contributed by atoms with Crippen LogP contribution in [0, 0.1) is 6.92 Å². The number of benzene rings is 2. The molecule has 29 heavy (non-hydrogen) atoms. The van der Waals surface area contributed by atoms with E-state index in [0.717, 1.165) is 59.5 Å². The van der Waals surface area contributed by atoms with Crippen molar-refractivity contribution < 1.29 is 23.4 Å². The normalized spacial score (nSPS) is 14.7. The maximum absolute atomic E-state index is 12.2. The molecular formula is C23H25NO5. The van der Waals surface area contributed by atoms with Crippen molar-refractivity contribution in [2.45, 2.75) is 25.9 Å². The van der Waals surface area contributed by atoms with Gasteiger partial charge in [-0.2, -0.15) is 0 Å². The zero-order valence-electron chi connectivity index (χ0n) is 16.9. The number of furan rings is 1. The third kappa shape index (κ3) is 3.68. The summed E-state index contributed by atoms with van der Waals surface area (Å²) in [4.78, 5) is 12.2. The molecule has 2 aromatic carbocycles. The molecule has 0 spiro atoms. The van der Waals surface area contributed by atoms with Gasteiger partial charge in [-0.15, -0.1) is 0 Å². The number of piperidine rings is 1. The van der Waals surface area contributed by atoms with E-state index in [1.807, 2.05) is 43.3 Å². The first kappa shape index (κ1) is 19.3. The second kappa shape index (κ2) is 8.17. The van der Waals surface area contributed by atoms with Crippen molar-refractivity contribution in [2.75, 3.05) is 27.3 Å². The molecule has 0 aliphatic carbocycles. The third-order valence-electron chi connectivity index (χ3n) is 5.37. The standard InChI is InChI=1S/C23H25NO5/c1-14-20-19(29-21(14)23(25)27-3)8-7-18(15-5-4-6-17(13-15)26-2)22(20)28-16-9-11-24-12-10-16/h4-8,13,16,24H,9-12H2,1-3H3. The Kier molecular flexibility index (Phi) is 5.45. The van der Waals surface area contributed by atoms with Crippen molar-refractivity contribution in [3.63, 3.8) is 0 Å². The molecule has 152 valence electrons. The second-order valence-electron chi connectivity index (χ2n) is 7.16. The number of carbonyl (C=O) groups is 1. The highest BCUT2D eigenvalue weighted by atomic mass is 16.5. The van der Waals surface area contributed by atoms with Gasteiger partial charge in [-0.25, -0.2) is 4.79 Å². The summed E-state index contributed by atoms with van der Waals surface area (Å²) >= 11 is 0. The highest BCUT2D eigenvalue weighted by Crippen LogP contribution is 2.42. The third-order valence-corrected chi connectivity index (χ3v) is 5.37. The molecular weight excluding hydrogens is 370 g/mol. The number of nitrogens with one attached hydrogen (secondary N) is 1. The number of fused-ring (bicyclic) bond motifs is 1. The fraction of sp³-hybridized carbons (Fsp3) is 0.348. The van der Waals surface area contributed by atoms with Crippen LogP contribution in [0.15, 0.2) is 40.8 Å². The van der Waals surface area contributed by atoms with E-state index in [2.05, 4.69) is 5.32 Å². The first-order valence-electron chi connectivity index (χ1n) is 9.78. The molecule has 0 amide bonds. The van der Waals surface area contributed by atoms with Gasteiger partial charge in [-0.3, -0.25) is 0 Å². The maximum Gasteiger partial charge on any atom is 0.374 e. The SMILES string of the molecule is COC(=O)c1oc2ccc(-c3cccc(OC)c3)c(OC3CCNCC3)c2c1C. The predicted octanol–water partition coefficient (Wildman–Crippen LogP) is 4.33. The molecule has 0 atom stereocenters. The van der Waals surface area contributed by atoms with Crippen LogP contribution >= 0.6 is 0 Å².